The van der Waals surface area contributed by atoms with Gasteiger partial charge in [-0.1, -0.05) is 74.9 Å². The number of fused-ring (bicyclic) bond motifs is 2. The minimum absolute atomic E-state index is 0. The maximum atomic E-state index is 13.3. The SMILES string of the molecule is C[N+]1=C(C=CC=CC=C2N(CCCCCC(=O)NCCCN(CCCCN(CCCCC(=O)OC(C)(C)C)C(=O)OC(C)(C)C)C(=O)OC(C)(C)C)c3ccccc3C2(C)C)C(C)(C)c2ccccc21.[I-]. The van der Waals surface area contributed by atoms with Gasteiger partial charge in [-0.25, -0.2) is 9.59 Å². The van der Waals surface area contributed by atoms with Crippen LogP contribution in [0.5, 0.6) is 0 Å². The average Bonchev–Trinajstić information content (AvgIpc) is 3.58. The zero-order valence-electron chi connectivity index (χ0n) is 45.8. The molecule has 4 rings (SSSR count). The van der Waals surface area contributed by atoms with Gasteiger partial charge in [0, 0.05) is 86.6 Å². The van der Waals surface area contributed by atoms with Crippen molar-refractivity contribution in [3.05, 3.63) is 95.7 Å². The summed E-state index contributed by atoms with van der Waals surface area (Å²) in [5.74, 6) is -0.241. The summed E-state index contributed by atoms with van der Waals surface area (Å²) in [4.78, 5) is 57.4. The number of carbonyl (C=O) groups excluding carboxylic acids is 4. The molecule has 1 N–H and O–H groups in total. The largest absolute Gasteiger partial charge is 1.00 e. The van der Waals surface area contributed by atoms with Crippen molar-refractivity contribution in [2.75, 3.05) is 51.2 Å². The van der Waals surface area contributed by atoms with Crippen LogP contribution in [0.15, 0.2) is 84.6 Å². The number of para-hydroxylation sites is 2. The standard InChI is InChI=1S/C58H87N5O7.HI/c1-54(2,3)68-51(65)37-24-26-39-61(52(66)69-55(4,5)6)40-27-28-41-62(53(67)70-56(7,8)9)42-29-38-59-50(64)36-19-16-25-43-63-47-33-23-21-31-45(47)58(12,13)49(63)35-18-15-17-34-48-57(10,11)44-30-20-22-32-46(44)60(48)14;/h15,17-18,20-23,30-35H,16,19,24-29,36-43H2,1-14H3;1H. The molecule has 0 radical (unpaired) electrons. The van der Waals surface area contributed by atoms with Gasteiger partial charge in [0.2, 0.25) is 11.6 Å². The normalized spacial score (nSPS) is 15.7. The van der Waals surface area contributed by atoms with Crippen LogP contribution in [0.1, 0.15) is 165 Å². The Bertz CT molecular complexity index is 2220. The van der Waals surface area contributed by atoms with E-state index >= 15 is 0 Å². The van der Waals surface area contributed by atoms with Crippen molar-refractivity contribution in [3.63, 3.8) is 0 Å². The van der Waals surface area contributed by atoms with Crippen molar-refractivity contribution >= 4 is 41.1 Å². The molecule has 3 amide bonds. The Labute approximate surface area is 444 Å². The molecule has 2 aromatic rings. The van der Waals surface area contributed by atoms with Gasteiger partial charge >= 0.3 is 18.2 Å². The van der Waals surface area contributed by atoms with E-state index in [4.69, 9.17) is 14.2 Å². The van der Waals surface area contributed by atoms with Crippen LogP contribution in [0.2, 0.25) is 0 Å². The van der Waals surface area contributed by atoms with Gasteiger partial charge in [0.25, 0.3) is 0 Å². The number of unbranched alkanes of at least 4 members (excludes halogenated alkanes) is 4. The Morgan fingerprint density at radius 3 is 1.72 bits per heavy atom. The molecule has 0 fully saturated rings. The fourth-order valence-electron chi connectivity index (χ4n) is 9.17. The Kier molecular flexibility index (Phi) is 22.9. The molecule has 0 saturated heterocycles. The van der Waals surface area contributed by atoms with Gasteiger partial charge in [0.1, 0.15) is 23.9 Å². The first kappa shape index (κ1) is 60.6. The smallest absolute Gasteiger partial charge is 0.410 e. The highest BCUT2D eigenvalue weighted by Crippen LogP contribution is 2.47. The number of nitrogens with zero attached hydrogens (tertiary/aromatic N) is 4. The molecule has 12 nitrogen and oxygen atoms in total. The van der Waals surface area contributed by atoms with E-state index in [1.807, 2.05) is 62.3 Å². The molecule has 71 heavy (non-hydrogen) atoms. The van der Waals surface area contributed by atoms with Crippen molar-refractivity contribution < 1.29 is 61.9 Å². The van der Waals surface area contributed by atoms with Crippen molar-refractivity contribution in [2.24, 2.45) is 0 Å². The third-order valence-corrected chi connectivity index (χ3v) is 12.6. The molecule has 0 spiro atoms. The molecular formula is C58H88IN5O7. The number of benzene rings is 2. The zero-order chi connectivity index (χ0) is 51.9. The molecule has 13 heteroatoms. The van der Waals surface area contributed by atoms with Gasteiger partial charge in [0.05, 0.1) is 5.41 Å². The summed E-state index contributed by atoms with van der Waals surface area (Å²) in [6.45, 7) is 28.8. The summed E-state index contributed by atoms with van der Waals surface area (Å²) >= 11 is 0. The fourth-order valence-corrected chi connectivity index (χ4v) is 9.17. The van der Waals surface area contributed by atoms with Crippen molar-refractivity contribution in [3.8, 4) is 0 Å². The lowest BCUT2D eigenvalue weighted by Gasteiger charge is -2.29. The Balaban J connectivity index is 0.0000133. The lowest BCUT2D eigenvalue weighted by molar-refractivity contribution is -0.401. The van der Waals surface area contributed by atoms with E-state index in [2.05, 4.69) is 128 Å². The van der Waals surface area contributed by atoms with E-state index < -0.39 is 29.0 Å². The molecule has 0 saturated carbocycles. The highest BCUT2D eigenvalue weighted by atomic mass is 127. The number of anilines is 1. The van der Waals surface area contributed by atoms with Crippen LogP contribution in [-0.4, -0.2) is 107 Å². The predicted octanol–water partition coefficient (Wildman–Crippen LogP) is 9.32. The van der Waals surface area contributed by atoms with Crippen LogP contribution in [0, 0.1) is 0 Å². The second-order valence-corrected chi connectivity index (χ2v) is 22.9. The maximum Gasteiger partial charge on any atom is 0.410 e. The van der Waals surface area contributed by atoms with Crippen molar-refractivity contribution in [1.82, 2.24) is 15.1 Å². The third-order valence-electron chi connectivity index (χ3n) is 12.6. The molecule has 0 unspecified atom stereocenters. The molecule has 2 aliphatic rings. The number of carbonyl (C=O) groups is 4. The van der Waals surface area contributed by atoms with E-state index in [1.165, 1.54) is 33.9 Å². The van der Waals surface area contributed by atoms with Crippen molar-refractivity contribution in [1.29, 1.82) is 0 Å². The van der Waals surface area contributed by atoms with E-state index in [0.29, 0.717) is 71.2 Å². The number of allylic oxidation sites excluding steroid dienone is 6. The quantitative estimate of drug-likeness (QED) is 0.0292. The summed E-state index contributed by atoms with van der Waals surface area (Å²) in [6.07, 6.45) is 16.6. The summed E-state index contributed by atoms with van der Waals surface area (Å²) in [7, 11) is 2.14. The summed E-state index contributed by atoms with van der Waals surface area (Å²) in [5.41, 5.74) is 5.65. The van der Waals surface area contributed by atoms with Crippen LogP contribution in [0.3, 0.4) is 0 Å². The van der Waals surface area contributed by atoms with Crippen LogP contribution in [0.25, 0.3) is 0 Å². The minimum Gasteiger partial charge on any atom is -1.00 e. The first-order chi connectivity index (χ1) is 32.7. The van der Waals surface area contributed by atoms with Gasteiger partial charge < -0.3 is 58.2 Å². The molecular weight excluding hydrogens is 1010 g/mol. The molecule has 2 aliphatic heterocycles. The van der Waals surface area contributed by atoms with Crippen molar-refractivity contribution in [2.45, 2.75) is 182 Å². The molecule has 0 bridgehead atoms. The fraction of sp³-hybridized carbons (Fsp3) is 0.603. The Hall–Kier alpha value is -4.66. The average molecular weight is 1090 g/mol. The Morgan fingerprint density at radius 2 is 1.14 bits per heavy atom. The number of rotatable bonds is 23. The first-order valence-electron chi connectivity index (χ1n) is 25.8. The predicted molar refractivity (Wildman–Crippen MR) is 284 cm³/mol. The summed E-state index contributed by atoms with van der Waals surface area (Å²) < 4.78 is 19.2. The van der Waals surface area contributed by atoms with Crippen LogP contribution < -0.4 is 34.2 Å². The molecule has 0 atom stereocenters. The van der Waals surface area contributed by atoms with Gasteiger partial charge in [0.15, 0.2) is 5.71 Å². The molecule has 2 aromatic carbocycles. The number of esters is 1. The number of ether oxygens (including phenoxy) is 3. The zero-order valence-corrected chi connectivity index (χ0v) is 48.0. The first-order valence-corrected chi connectivity index (χ1v) is 25.8. The lowest BCUT2D eigenvalue weighted by atomic mass is 9.81. The second kappa shape index (κ2) is 26.9. The Morgan fingerprint density at radius 1 is 0.620 bits per heavy atom. The highest BCUT2D eigenvalue weighted by Gasteiger charge is 2.43. The van der Waals surface area contributed by atoms with Gasteiger partial charge in [-0.3, -0.25) is 9.59 Å². The van der Waals surface area contributed by atoms with E-state index in [9.17, 15) is 19.2 Å². The minimum atomic E-state index is -0.658. The topological polar surface area (TPSA) is 121 Å². The van der Waals surface area contributed by atoms with Crippen LogP contribution in [-0.2, 0) is 34.6 Å². The van der Waals surface area contributed by atoms with Gasteiger partial charge in [-0.15, -0.1) is 0 Å². The molecule has 2 heterocycles. The van der Waals surface area contributed by atoms with Crippen LogP contribution >= 0.6 is 0 Å². The number of hydrogen-bond donors (Lipinski definition) is 1. The maximum absolute atomic E-state index is 13.3. The molecule has 0 aromatic heterocycles. The summed E-state index contributed by atoms with van der Waals surface area (Å²) in [6, 6.07) is 17.3. The number of nitrogens with one attached hydrogen (secondary N) is 1. The van der Waals surface area contributed by atoms with Gasteiger partial charge in [-0.2, -0.15) is 4.58 Å². The van der Waals surface area contributed by atoms with E-state index in [0.717, 1.165) is 25.8 Å². The summed E-state index contributed by atoms with van der Waals surface area (Å²) in [5, 5.41) is 3.06. The number of amides is 3. The van der Waals surface area contributed by atoms with E-state index in [1.54, 1.807) is 9.80 Å². The second-order valence-electron chi connectivity index (χ2n) is 22.9. The van der Waals surface area contributed by atoms with E-state index in [-0.39, 0.29) is 53.1 Å². The molecule has 0 aliphatic carbocycles. The number of halogens is 1. The van der Waals surface area contributed by atoms with Gasteiger partial charge in [-0.05, 0) is 139 Å². The molecule has 394 valence electrons. The monoisotopic (exact) mass is 1090 g/mol. The van der Waals surface area contributed by atoms with Crippen LogP contribution in [0.4, 0.5) is 21.0 Å². The third kappa shape index (κ3) is 19.0. The number of hydrogen-bond acceptors (Lipinski definition) is 8. The highest BCUT2D eigenvalue weighted by molar-refractivity contribution is 6.03. The lowest BCUT2D eigenvalue weighted by Crippen LogP contribution is -3.00.